The average Bonchev–Trinajstić information content (AvgIpc) is 3.31. The number of para-hydroxylation sites is 1. The fourth-order valence-corrected chi connectivity index (χ4v) is 6.92. The van der Waals surface area contributed by atoms with Crippen molar-refractivity contribution in [3.63, 3.8) is 0 Å². The van der Waals surface area contributed by atoms with Crippen molar-refractivity contribution in [2.45, 2.75) is 0 Å². The lowest BCUT2D eigenvalue weighted by Crippen LogP contribution is -2.10. The molecule has 0 saturated heterocycles. The number of thiophene rings is 1. The molecule has 0 radical (unpaired) electrons. The first-order chi connectivity index (χ1) is 18.3. The molecule has 0 aliphatic rings. The van der Waals surface area contributed by atoms with E-state index in [0.29, 0.717) is 0 Å². The molecule has 0 amide bonds. The van der Waals surface area contributed by atoms with Crippen LogP contribution in [0, 0.1) is 0 Å². The van der Waals surface area contributed by atoms with Crippen LogP contribution < -0.4 is 4.90 Å². The second-order valence-electron chi connectivity index (χ2n) is 9.14. The maximum Gasteiger partial charge on any atom is 0.0540 e. The Labute approximate surface area is 228 Å². The maximum absolute atomic E-state index is 3.63. The molecular weight excluding hydrogens is 534 g/mol. The van der Waals surface area contributed by atoms with E-state index in [0.717, 1.165) is 15.8 Å². The van der Waals surface area contributed by atoms with Crippen molar-refractivity contribution in [1.82, 2.24) is 0 Å². The lowest BCUT2D eigenvalue weighted by molar-refractivity contribution is 1.30. The third kappa shape index (κ3) is 3.92. The number of hydrogen-bond donors (Lipinski definition) is 0. The zero-order valence-electron chi connectivity index (χ0n) is 19.9. The molecule has 0 atom stereocenters. The van der Waals surface area contributed by atoms with Crippen LogP contribution in [0.25, 0.3) is 42.1 Å². The van der Waals surface area contributed by atoms with E-state index < -0.39 is 0 Å². The van der Waals surface area contributed by atoms with Crippen molar-refractivity contribution in [3.8, 4) is 11.1 Å². The van der Waals surface area contributed by atoms with Crippen molar-refractivity contribution < 1.29 is 0 Å². The number of rotatable bonds is 4. The van der Waals surface area contributed by atoms with Crippen LogP contribution in [-0.4, -0.2) is 0 Å². The van der Waals surface area contributed by atoms with Gasteiger partial charge in [0.1, 0.15) is 0 Å². The van der Waals surface area contributed by atoms with Gasteiger partial charge in [-0.15, -0.1) is 11.3 Å². The predicted molar refractivity (Wildman–Crippen MR) is 165 cm³/mol. The quantitative estimate of drug-likeness (QED) is 0.208. The summed E-state index contributed by atoms with van der Waals surface area (Å²) < 4.78 is 3.70. The number of hydrogen-bond acceptors (Lipinski definition) is 2. The van der Waals surface area contributed by atoms with Gasteiger partial charge in [0.2, 0.25) is 0 Å². The Hall–Kier alpha value is -3.92. The minimum Gasteiger partial charge on any atom is -0.310 e. The second-order valence-corrected chi connectivity index (χ2v) is 11.1. The molecule has 0 saturated carbocycles. The molecule has 6 aromatic carbocycles. The summed E-state index contributed by atoms with van der Waals surface area (Å²) in [5.41, 5.74) is 5.95. The first-order valence-electron chi connectivity index (χ1n) is 12.3. The first-order valence-corrected chi connectivity index (χ1v) is 13.9. The lowest BCUT2D eigenvalue weighted by Gasteiger charge is -2.27. The van der Waals surface area contributed by atoms with Crippen LogP contribution in [0.15, 0.2) is 138 Å². The Morgan fingerprint density at radius 1 is 0.486 bits per heavy atom. The molecule has 1 nitrogen and oxygen atoms in total. The van der Waals surface area contributed by atoms with Crippen LogP contribution in [0.3, 0.4) is 0 Å². The molecule has 0 aliphatic heterocycles. The van der Waals surface area contributed by atoms with E-state index in [1.165, 1.54) is 47.8 Å². The topological polar surface area (TPSA) is 3.24 Å². The van der Waals surface area contributed by atoms with Gasteiger partial charge in [0.25, 0.3) is 0 Å². The largest absolute Gasteiger partial charge is 0.310 e. The highest BCUT2D eigenvalue weighted by Crippen LogP contribution is 2.44. The molecule has 0 spiro atoms. The van der Waals surface area contributed by atoms with Crippen molar-refractivity contribution in [1.29, 1.82) is 0 Å². The smallest absolute Gasteiger partial charge is 0.0540 e. The van der Waals surface area contributed by atoms with E-state index in [-0.39, 0.29) is 0 Å². The molecule has 7 aromatic rings. The summed E-state index contributed by atoms with van der Waals surface area (Å²) in [4.78, 5) is 2.39. The fraction of sp³-hybridized carbons (Fsp3) is 0. The van der Waals surface area contributed by atoms with Gasteiger partial charge in [-0.05, 0) is 59.0 Å². The minimum absolute atomic E-state index is 1.11. The number of benzene rings is 6. The van der Waals surface area contributed by atoms with E-state index in [2.05, 4.69) is 154 Å². The fourth-order valence-electron chi connectivity index (χ4n) is 5.23. The Bertz CT molecular complexity index is 1890. The highest BCUT2D eigenvalue weighted by atomic mass is 79.9. The Balaban J connectivity index is 1.47. The summed E-state index contributed by atoms with van der Waals surface area (Å²) in [7, 11) is 0. The molecule has 176 valence electrons. The standard InChI is InChI=1S/C34H22BrNS/c35-24-15-17-30-31-18-16-26(22-34(31)37-33(30)21-24)36(25-11-5-2-6-12-25)32-20-19-27(23-9-3-1-4-10-23)28-13-7-8-14-29(28)32/h1-22H. The van der Waals surface area contributed by atoms with Crippen LogP contribution in [0.2, 0.25) is 0 Å². The first kappa shape index (κ1) is 22.3. The van der Waals surface area contributed by atoms with Crippen molar-refractivity contribution in [2.75, 3.05) is 4.90 Å². The van der Waals surface area contributed by atoms with Crippen molar-refractivity contribution >= 4 is 75.3 Å². The molecule has 0 fully saturated rings. The van der Waals surface area contributed by atoms with Crippen LogP contribution in [0.5, 0.6) is 0 Å². The van der Waals surface area contributed by atoms with Crippen LogP contribution in [-0.2, 0) is 0 Å². The van der Waals surface area contributed by atoms with Crippen LogP contribution in [0.4, 0.5) is 17.1 Å². The summed E-state index contributed by atoms with van der Waals surface area (Å²) in [6.45, 7) is 0. The third-order valence-corrected chi connectivity index (χ3v) is 8.53. The third-order valence-electron chi connectivity index (χ3n) is 6.92. The molecule has 3 heteroatoms. The van der Waals surface area contributed by atoms with Crippen LogP contribution in [0.1, 0.15) is 0 Å². The van der Waals surface area contributed by atoms with Gasteiger partial charge in [-0.3, -0.25) is 0 Å². The average molecular weight is 557 g/mol. The summed E-state index contributed by atoms with van der Waals surface area (Å²) in [5, 5.41) is 5.08. The summed E-state index contributed by atoms with van der Waals surface area (Å²) in [5.74, 6) is 0. The minimum atomic E-state index is 1.11. The SMILES string of the molecule is Brc1ccc2c(c1)sc1cc(N(c3ccccc3)c3ccc(-c4ccccc4)c4ccccc34)ccc12. The van der Waals surface area contributed by atoms with E-state index in [4.69, 9.17) is 0 Å². The molecule has 7 rings (SSSR count). The molecule has 1 aromatic heterocycles. The number of fused-ring (bicyclic) bond motifs is 4. The molecule has 1 heterocycles. The summed E-state index contributed by atoms with van der Waals surface area (Å²) in [6, 6.07) is 48.0. The van der Waals surface area contributed by atoms with Gasteiger partial charge in [0, 0.05) is 41.4 Å². The van der Waals surface area contributed by atoms with Gasteiger partial charge in [-0.1, -0.05) is 107 Å². The monoisotopic (exact) mass is 555 g/mol. The Morgan fingerprint density at radius 2 is 1.14 bits per heavy atom. The predicted octanol–water partition coefficient (Wildman–Crippen LogP) is 11.1. The van der Waals surface area contributed by atoms with Gasteiger partial charge in [0.15, 0.2) is 0 Å². The molecule has 0 aliphatic carbocycles. The second kappa shape index (κ2) is 9.19. The lowest BCUT2D eigenvalue weighted by atomic mass is 9.96. The van der Waals surface area contributed by atoms with E-state index in [9.17, 15) is 0 Å². The number of nitrogens with zero attached hydrogens (tertiary/aromatic N) is 1. The molecule has 0 N–H and O–H groups in total. The van der Waals surface area contributed by atoms with Gasteiger partial charge >= 0.3 is 0 Å². The van der Waals surface area contributed by atoms with Gasteiger partial charge in [-0.25, -0.2) is 0 Å². The summed E-state index contributed by atoms with van der Waals surface area (Å²) >= 11 is 5.48. The Kier molecular flexibility index (Phi) is 5.53. The maximum atomic E-state index is 3.63. The van der Waals surface area contributed by atoms with Gasteiger partial charge in [-0.2, -0.15) is 0 Å². The molecule has 0 bridgehead atoms. The normalized spacial score (nSPS) is 11.4. The zero-order valence-corrected chi connectivity index (χ0v) is 22.3. The van der Waals surface area contributed by atoms with Crippen LogP contribution >= 0.6 is 27.3 Å². The van der Waals surface area contributed by atoms with E-state index in [1.807, 2.05) is 11.3 Å². The molecule has 0 unspecified atom stereocenters. The highest BCUT2D eigenvalue weighted by molar-refractivity contribution is 9.10. The molecular formula is C34H22BrNS. The van der Waals surface area contributed by atoms with E-state index in [1.54, 1.807) is 0 Å². The summed E-state index contributed by atoms with van der Waals surface area (Å²) in [6.07, 6.45) is 0. The van der Waals surface area contributed by atoms with Crippen molar-refractivity contribution in [3.05, 3.63) is 138 Å². The van der Waals surface area contributed by atoms with Gasteiger partial charge < -0.3 is 4.90 Å². The van der Waals surface area contributed by atoms with Gasteiger partial charge in [0.05, 0.1) is 5.69 Å². The molecule has 37 heavy (non-hydrogen) atoms. The number of halogens is 1. The highest BCUT2D eigenvalue weighted by Gasteiger charge is 2.18. The zero-order chi connectivity index (χ0) is 24.8. The number of anilines is 3. The van der Waals surface area contributed by atoms with E-state index >= 15 is 0 Å². The van der Waals surface area contributed by atoms with Crippen molar-refractivity contribution in [2.24, 2.45) is 0 Å². The Morgan fingerprint density at radius 3 is 1.92 bits per heavy atom.